The number of likely N-dealkylation sites (N-methyl/N-ethyl adjacent to an activating group) is 1. The smallest absolute Gasteiger partial charge is 0.313 e. The van der Waals surface area contributed by atoms with Crippen molar-refractivity contribution in [1.29, 1.82) is 0 Å². The number of benzene rings is 1. The molecule has 1 heterocycles. The number of halogens is 1. The maximum Gasteiger partial charge on any atom is 0.313 e. The number of anilines is 1. The van der Waals surface area contributed by atoms with Crippen LogP contribution < -0.4 is 5.32 Å². The summed E-state index contributed by atoms with van der Waals surface area (Å²) in [4.78, 5) is 29.4. The lowest BCUT2D eigenvalue weighted by atomic mass is 10.2. The molecule has 0 bridgehead atoms. The van der Waals surface area contributed by atoms with Gasteiger partial charge in [0.25, 0.3) is 0 Å². The second-order valence-electron chi connectivity index (χ2n) is 4.77. The third-order valence-electron chi connectivity index (χ3n) is 3.15. The Hall–Kier alpha value is -2.21. The lowest BCUT2D eigenvalue weighted by Crippen LogP contribution is -2.38. The molecule has 0 radical (unpaired) electrons. The molecule has 6 heteroatoms. The number of carbonyl (C=O) groups excluding carboxylic acids is 2. The highest BCUT2D eigenvalue weighted by Crippen LogP contribution is 2.21. The molecule has 5 nitrogen and oxygen atoms in total. The molecule has 2 amide bonds. The van der Waals surface area contributed by atoms with Crippen molar-refractivity contribution in [3.8, 4) is 0 Å². The van der Waals surface area contributed by atoms with Crippen LogP contribution in [-0.2, 0) is 16.0 Å². The molecule has 0 saturated carbocycles. The molecule has 22 heavy (non-hydrogen) atoms. The molecule has 114 valence electrons. The number of amides is 2. The van der Waals surface area contributed by atoms with Gasteiger partial charge in [-0.1, -0.05) is 12.1 Å². The lowest BCUT2D eigenvalue weighted by molar-refractivity contribution is -0.142. The molecular weight excluding hydrogens is 346 g/mol. The van der Waals surface area contributed by atoms with Crippen LogP contribution in [0.5, 0.6) is 0 Å². The zero-order valence-electron chi connectivity index (χ0n) is 12.1. The van der Waals surface area contributed by atoms with Crippen molar-refractivity contribution in [2.24, 2.45) is 0 Å². The number of carbonyl (C=O) groups is 2. The molecule has 2 rings (SSSR count). The minimum atomic E-state index is -0.649. The van der Waals surface area contributed by atoms with Crippen LogP contribution >= 0.6 is 15.9 Å². The van der Waals surface area contributed by atoms with E-state index in [-0.39, 0.29) is 0 Å². The van der Waals surface area contributed by atoms with E-state index >= 15 is 0 Å². The van der Waals surface area contributed by atoms with E-state index in [0.717, 1.165) is 10.0 Å². The first-order chi connectivity index (χ1) is 10.6. The van der Waals surface area contributed by atoms with Gasteiger partial charge in [-0.15, -0.1) is 0 Å². The highest BCUT2D eigenvalue weighted by molar-refractivity contribution is 9.10. The minimum absolute atomic E-state index is 0.465. The van der Waals surface area contributed by atoms with Crippen molar-refractivity contribution >= 4 is 33.4 Å². The summed E-state index contributed by atoms with van der Waals surface area (Å²) in [6.45, 7) is 0.465. The van der Waals surface area contributed by atoms with E-state index < -0.39 is 11.8 Å². The number of hydrogen-bond donors (Lipinski definition) is 1. The van der Waals surface area contributed by atoms with Gasteiger partial charge in [-0.3, -0.25) is 14.6 Å². The largest absolute Gasteiger partial charge is 0.337 e. The van der Waals surface area contributed by atoms with E-state index in [1.165, 1.54) is 4.90 Å². The van der Waals surface area contributed by atoms with Gasteiger partial charge < -0.3 is 10.2 Å². The summed E-state index contributed by atoms with van der Waals surface area (Å²) < 4.78 is 0.732. The SMILES string of the molecule is CN(CCc1ccncc1)C(=O)C(=O)Nc1ccccc1Br. The standard InChI is InChI=1S/C16H16BrN3O2/c1-20(11-8-12-6-9-18-10-7-12)16(22)15(21)19-14-5-3-2-4-13(14)17/h2-7,9-10H,8,11H2,1H3,(H,19,21). The normalized spacial score (nSPS) is 10.1. The van der Waals surface area contributed by atoms with Crippen molar-refractivity contribution in [3.63, 3.8) is 0 Å². The predicted molar refractivity (Wildman–Crippen MR) is 88.3 cm³/mol. The van der Waals surface area contributed by atoms with E-state index in [0.29, 0.717) is 18.7 Å². The lowest BCUT2D eigenvalue weighted by Gasteiger charge is -2.17. The van der Waals surface area contributed by atoms with E-state index in [1.807, 2.05) is 18.2 Å². The fourth-order valence-corrected chi connectivity index (χ4v) is 2.24. The zero-order valence-corrected chi connectivity index (χ0v) is 13.7. The van der Waals surface area contributed by atoms with Crippen molar-refractivity contribution in [1.82, 2.24) is 9.88 Å². The van der Waals surface area contributed by atoms with E-state index in [4.69, 9.17) is 0 Å². The molecule has 0 aliphatic carbocycles. The molecule has 0 aliphatic heterocycles. The summed E-state index contributed by atoms with van der Waals surface area (Å²) in [5.41, 5.74) is 1.64. The highest BCUT2D eigenvalue weighted by Gasteiger charge is 2.19. The highest BCUT2D eigenvalue weighted by atomic mass is 79.9. The summed E-state index contributed by atoms with van der Waals surface area (Å²) in [5.74, 6) is -1.21. The van der Waals surface area contributed by atoms with Gasteiger partial charge >= 0.3 is 11.8 Å². The van der Waals surface area contributed by atoms with Crippen LogP contribution in [0.1, 0.15) is 5.56 Å². The number of rotatable bonds is 4. The van der Waals surface area contributed by atoms with Crippen molar-refractivity contribution in [2.75, 3.05) is 18.9 Å². The molecule has 0 saturated heterocycles. The summed E-state index contributed by atoms with van der Waals surface area (Å²) in [5, 5.41) is 2.60. The Balaban J connectivity index is 1.90. The van der Waals surface area contributed by atoms with Crippen LogP contribution in [0.3, 0.4) is 0 Å². The molecule has 1 aromatic heterocycles. The second-order valence-corrected chi connectivity index (χ2v) is 5.62. The number of nitrogens with one attached hydrogen (secondary N) is 1. The topological polar surface area (TPSA) is 62.3 Å². The maximum absolute atomic E-state index is 12.1. The molecular formula is C16H16BrN3O2. The van der Waals surface area contributed by atoms with Gasteiger partial charge in [0.15, 0.2) is 0 Å². The summed E-state index contributed by atoms with van der Waals surface area (Å²) in [6, 6.07) is 10.9. The average Bonchev–Trinajstić information content (AvgIpc) is 2.55. The van der Waals surface area contributed by atoms with Crippen LogP contribution in [0.15, 0.2) is 53.3 Å². The van der Waals surface area contributed by atoms with Crippen molar-refractivity contribution < 1.29 is 9.59 Å². The van der Waals surface area contributed by atoms with Gasteiger partial charge in [-0.05, 0) is 52.2 Å². The maximum atomic E-state index is 12.1. The number of para-hydroxylation sites is 1. The fraction of sp³-hybridized carbons (Fsp3) is 0.188. The van der Waals surface area contributed by atoms with Gasteiger partial charge in [-0.2, -0.15) is 0 Å². The number of nitrogens with zero attached hydrogens (tertiary/aromatic N) is 2. The van der Waals surface area contributed by atoms with Crippen LogP contribution in [0.2, 0.25) is 0 Å². The Kier molecular flexibility index (Phi) is 5.66. The first-order valence-electron chi connectivity index (χ1n) is 6.78. The number of aromatic nitrogens is 1. The Morgan fingerprint density at radius 2 is 1.86 bits per heavy atom. The van der Waals surface area contributed by atoms with E-state index in [1.54, 1.807) is 37.6 Å². The van der Waals surface area contributed by atoms with Gasteiger partial charge in [0.05, 0.1) is 5.69 Å². The molecule has 2 aromatic rings. The van der Waals surface area contributed by atoms with Crippen LogP contribution in [0, 0.1) is 0 Å². The first kappa shape index (κ1) is 16.2. The third-order valence-corrected chi connectivity index (χ3v) is 3.84. The minimum Gasteiger partial charge on any atom is -0.337 e. The van der Waals surface area contributed by atoms with E-state index in [9.17, 15) is 9.59 Å². The summed E-state index contributed by atoms with van der Waals surface area (Å²) in [6.07, 6.45) is 4.08. The van der Waals surface area contributed by atoms with Crippen LogP contribution in [0.4, 0.5) is 5.69 Å². The van der Waals surface area contributed by atoms with Gasteiger partial charge in [0.2, 0.25) is 0 Å². The quantitative estimate of drug-likeness (QED) is 0.850. The summed E-state index contributed by atoms with van der Waals surface area (Å²) >= 11 is 3.33. The molecule has 0 atom stereocenters. The van der Waals surface area contributed by atoms with Gasteiger partial charge in [0.1, 0.15) is 0 Å². The Labute approximate surface area is 137 Å². The fourth-order valence-electron chi connectivity index (χ4n) is 1.86. The molecule has 0 spiro atoms. The predicted octanol–water partition coefficient (Wildman–Crippen LogP) is 2.48. The van der Waals surface area contributed by atoms with Gasteiger partial charge in [0, 0.05) is 30.5 Å². The van der Waals surface area contributed by atoms with Crippen LogP contribution in [-0.4, -0.2) is 35.3 Å². The molecule has 0 fully saturated rings. The summed E-state index contributed by atoms with van der Waals surface area (Å²) in [7, 11) is 1.61. The molecule has 1 N–H and O–H groups in total. The third kappa shape index (κ3) is 4.39. The first-order valence-corrected chi connectivity index (χ1v) is 7.57. The van der Waals surface area contributed by atoms with Crippen LogP contribution in [0.25, 0.3) is 0 Å². The Morgan fingerprint density at radius 3 is 2.55 bits per heavy atom. The number of hydrogen-bond acceptors (Lipinski definition) is 3. The van der Waals surface area contributed by atoms with Crippen molar-refractivity contribution in [3.05, 3.63) is 58.8 Å². The molecule has 0 aliphatic rings. The van der Waals surface area contributed by atoms with Gasteiger partial charge in [-0.25, -0.2) is 0 Å². The van der Waals surface area contributed by atoms with E-state index in [2.05, 4.69) is 26.2 Å². The monoisotopic (exact) mass is 361 g/mol. The van der Waals surface area contributed by atoms with Crippen molar-refractivity contribution in [2.45, 2.75) is 6.42 Å². The Bertz CT molecular complexity index is 661. The average molecular weight is 362 g/mol. The number of pyridine rings is 1. The molecule has 0 unspecified atom stereocenters. The Morgan fingerprint density at radius 1 is 1.18 bits per heavy atom. The zero-order chi connectivity index (χ0) is 15.9. The molecule has 1 aromatic carbocycles. The second kappa shape index (κ2) is 7.70.